The molecule has 0 aliphatic rings. The number of hydrogen-bond acceptors (Lipinski definition) is 7. The molecule has 0 spiro atoms. The van der Waals surface area contributed by atoms with Gasteiger partial charge < -0.3 is 20.5 Å². The smallest absolute Gasteiger partial charge is 0.341 e. The summed E-state index contributed by atoms with van der Waals surface area (Å²) in [5.74, 6) is -1.03. The number of thiophene rings is 1. The van der Waals surface area contributed by atoms with Crippen molar-refractivity contribution in [1.82, 2.24) is 4.98 Å². The summed E-state index contributed by atoms with van der Waals surface area (Å²) >= 11 is 0.947. The van der Waals surface area contributed by atoms with Crippen molar-refractivity contribution in [2.24, 2.45) is 5.73 Å². The van der Waals surface area contributed by atoms with Crippen molar-refractivity contribution in [3.05, 3.63) is 76.2 Å². The van der Waals surface area contributed by atoms with Gasteiger partial charge in [0.15, 0.2) is 0 Å². The van der Waals surface area contributed by atoms with Gasteiger partial charge >= 0.3 is 5.97 Å². The van der Waals surface area contributed by atoms with E-state index in [-0.39, 0.29) is 22.0 Å². The summed E-state index contributed by atoms with van der Waals surface area (Å²) in [5, 5.41) is 3.65. The fourth-order valence-electron chi connectivity index (χ4n) is 3.86. The fraction of sp³-hybridized carbons (Fsp3) is 0.185. The number of nitrogens with zero attached hydrogens (tertiary/aromatic N) is 1. The molecule has 184 valence electrons. The van der Waals surface area contributed by atoms with Crippen LogP contribution in [0.5, 0.6) is 5.75 Å². The van der Waals surface area contributed by atoms with E-state index in [0.29, 0.717) is 34.3 Å². The first-order valence-corrected chi connectivity index (χ1v) is 12.2. The predicted octanol–water partition coefficient (Wildman–Crippen LogP) is 5.20. The third kappa shape index (κ3) is 4.92. The van der Waals surface area contributed by atoms with Crippen LogP contribution in [0.2, 0.25) is 0 Å². The number of anilines is 1. The van der Waals surface area contributed by atoms with E-state index < -0.39 is 17.8 Å². The zero-order chi connectivity index (χ0) is 25.8. The molecule has 0 radical (unpaired) electrons. The summed E-state index contributed by atoms with van der Waals surface area (Å²) in [7, 11) is 0. The lowest BCUT2D eigenvalue weighted by molar-refractivity contribution is 0.0527. The minimum Gasteiger partial charge on any atom is -0.494 e. The summed E-state index contributed by atoms with van der Waals surface area (Å²) in [6.45, 7) is 5.90. The van der Waals surface area contributed by atoms with Gasteiger partial charge in [0.2, 0.25) is 0 Å². The van der Waals surface area contributed by atoms with Crippen LogP contribution in [0.1, 0.15) is 49.8 Å². The zero-order valence-corrected chi connectivity index (χ0v) is 20.9. The average molecular weight is 504 g/mol. The Morgan fingerprint density at radius 1 is 1.03 bits per heavy atom. The van der Waals surface area contributed by atoms with Crippen LogP contribution in [0.4, 0.5) is 5.00 Å². The van der Waals surface area contributed by atoms with Crippen LogP contribution in [-0.4, -0.2) is 36.0 Å². The van der Waals surface area contributed by atoms with Gasteiger partial charge in [-0.2, -0.15) is 0 Å². The van der Waals surface area contributed by atoms with E-state index in [2.05, 4.69) is 5.32 Å². The average Bonchev–Trinajstić information content (AvgIpc) is 3.20. The largest absolute Gasteiger partial charge is 0.494 e. The predicted molar refractivity (Wildman–Crippen MR) is 140 cm³/mol. The summed E-state index contributed by atoms with van der Waals surface area (Å²) in [6.07, 6.45) is 0. The van der Waals surface area contributed by atoms with Crippen molar-refractivity contribution in [3.8, 4) is 17.0 Å². The number of ether oxygens (including phenoxy) is 2. The first-order valence-electron chi connectivity index (χ1n) is 11.4. The Hall–Kier alpha value is -4.24. The number of benzene rings is 2. The highest BCUT2D eigenvalue weighted by atomic mass is 32.1. The molecule has 4 aromatic rings. The number of primary amides is 1. The molecule has 2 aromatic carbocycles. The maximum absolute atomic E-state index is 13.6. The monoisotopic (exact) mass is 503 g/mol. The number of rotatable bonds is 8. The van der Waals surface area contributed by atoms with Crippen molar-refractivity contribution >= 4 is 45.0 Å². The Bertz CT molecular complexity index is 1460. The van der Waals surface area contributed by atoms with Crippen LogP contribution in [0, 0.1) is 6.92 Å². The first-order chi connectivity index (χ1) is 17.3. The van der Waals surface area contributed by atoms with E-state index in [4.69, 9.17) is 20.2 Å². The number of esters is 1. The lowest BCUT2D eigenvalue weighted by Gasteiger charge is -2.11. The Balaban J connectivity index is 1.78. The molecule has 2 heterocycles. The van der Waals surface area contributed by atoms with Crippen LogP contribution in [0.25, 0.3) is 22.2 Å². The molecule has 8 nitrogen and oxygen atoms in total. The molecule has 0 atom stereocenters. The molecular formula is C27H25N3O5S. The second kappa shape index (κ2) is 10.6. The van der Waals surface area contributed by atoms with Crippen LogP contribution < -0.4 is 15.8 Å². The molecule has 0 aliphatic heterocycles. The molecular weight excluding hydrogens is 478 g/mol. The molecule has 0 fully saturated rings. The number of carbonyl (C=O) groups is 3. The molecule has 36 heavy (non-hydrogen) atoms. The van der Waals surface area contributed by atoms with Gasteiger partial charge in [-0.25, -0.2) is 9.78 Å². The third-order valence-electron chi connectivity index (χ3n) is 5.50. The molecule has 0 saturated heterocycles. The number of pyridine rings is 1. The van der Waals surface area contributed by atoms with Gasteiger partial charge in [0.1, 0.15) is 10.8 Å². The van der Waals surface area contributed by atoms with Crippen LogP contribution in [-0.2, 0) is 4.74 Å². The number of aromatic nitrogens is 1. The Morgan fingerprint density at radius 3 is 2.42 bits per heavy atom. The summed E-state index contributed by atoms with van der Waals surface area (Å²) < 4.78 is 10.7. The van der Waals surface area contributed by atoms with E-state index in [1.807, 2.05) is 49.4 Å². The van der Waals surface area contributed by atoms with Crippen LogP contribution >= 0.6 is 11.3 Å². The Labute approximate surface area is 212 Å². The Kier molecular flexibility index (Phi) is 7.30. The number of nitrogens with one attached hydrogen (secondary N) is 1. The van der Waals surface area contributed by atoms with E-state index in [1.54, 1.807) is 26.0 Å². The first kappa shape index (κ1) is 24.9. The summed E-state index contributed by atoms with van der Waals surface area (Å²) in [4.78, 5) is 43.0. The van der Waals surface area contributed by atoms with Gasteiger partial charge in [-0.15, -0.1) is 11.3 Å². The zero-order valence-electron chi connectivity index (χ0n) is 20.1. The van der Waals surface area contributed by atoms with Crippen LogP contribution in [0.15, 0.2) is 54.6 Å². The van der Waals surface area contributed by atoms with E-state index in [9.17, 15) is 14.4 Å². The lowest BCUT2D eigenvalue weighted by Crippen LogP contribution is -2.16. The molecule has 9 heteroatoms. The standard InChI is InChI=1S/C27H25N3O5S/c1-4-34-17-12-10-16(11-13-17)21-14-19(18-8-6-7-9-20(18)29-21)25(32)30-26-22(27(33)35-5-2)15(3)23(36-26)24(28)31/h6-14H,4-5H2,1-3H3,(H2,28,31)(H,30,32). The molecule has 0 aliphatic carbocycles. The van der Waals surface area contributed by atoms with E-state index in [0.717, 1.165) is 22.6 Å². The van der Waals surface area contributed by atoms with Crippen molar-refractivity contribution in [2.75, 3.05) is 18.5 Å². The second-order valence-electron chi connectivity index (χ2n) is 7.83. The van der Waals surface area contributed by atoms with Gasteiger partial charge in [-0.05, 0) is 62.7 Å². The van der Waals surface area contributed by atoms with E-state index in [1.165, 1.54) is 0 Å². The number of nitrogens with two attached hydrogens (primary N) is 1. The van der Waals surface area contributed by atoms with Gasteiger partial charge in [0.25, 0.3) is 11.8 Å². The molecule has 2 amide bonds. The second-order valence-corrected chi connectivity index (χ2v) is 8.85. The number of hydrogen-bond donors (Lipinski definition) is 2. The minimum absolute atomic E-state index is 0.120. The third-order valence-corrected chi connectivity index (χ3v) is 6.72. The molecule has 4 rings (SSSR count). The van der Waals surface area contributed by atoms with Gasteiger partial charge in [0.05, 0.1) is 40.4 Å². The molecule has 3 N–H and O–H groups in total. The fourth-order valence-corrected chi connectivity index (χ4v) is 4.90. The Morgan fingerprint density at radius 2 is 1.75 bits per heavy atom. The van der Waals surface area contributed by atoms with E-state index >= 15 is 0 Å². The highest BCUT2D eigenvalue weighted by Gasteiger charge is 2.26. The molecule has 0 saturated carbocycles. The SMILES string of the molecule is CCOC(=O)c1c(NC(=O)c2cc(-c3ccc(OCC)cc3)nc3ccccc23)sc(C(N)=O)c1C. The number of carbonyl (C=O) groups excluding carboxylic acids is 3. The highest BCUT2D eigenvalue weighted by Crippen LogP contribution is 2.35. The minimum atomic E-state index is -0.685. The number of fused-ring (bicyclic) bond motifs is 1. The topological polar surface area (TPSA) is 121 Å². The van der Waals surface area contributed by atoms with Crippen molar-refractivity contribution < 1.29 is 23.9 Å². The maximum Gasteiger partial charge on any atom is 0.341 e. The van der Waals surface area contributed by atoms with Crippen LogP contribution in [0.3, 0.4) is 0 Å². The summed E-state index contributed by atoms with van der Waals surface area (Å²) in [5.41, 5.74) is 8.40. The quantitative estimate of drug-likeness (QED) is 0.319. The molecule has 2 aromatic heterocycles. The molecule has 0 unspecified atom stereocenters. The lowest BCUT2D eigenvalue weighted by atomic mass is 10.0. The molecule has 0 bridgehead atoms. The van der Waals surface area contributed by atoms with Gasteiger partial charge in [-0.3, -0.25) is 9.59 Å². The van der Waals surface area contributed by atoms with Gasteiger partial charge in [0, 0.05) is 10.9 Å². The number of para-hydroxylation sites is 1. The maximum atomic E-state index is 13.6. The summed E-state index contributed by atoms with van der Waals surface area (Å²) in [6, 6.07) is 16.5. The van der Waals surface area contributed by atoms with Crippen molar-refractivity contribution in [1.29, 1.82) is 0 Å². The van der Waals surface area contributed by atoms with Crippen molar-refractivity contribution in [3.63, 3.8) is 0 Å². The normalized spacial score (nSPS) is 10.8. The van der Waals surface area contributed by atoms with Gasteiger partial charge in [-0.1, -0.05) is 18.2 Å². The highest BCUT2D eigenvalue weighted by molar-refractivity contribution is 7.18. The number of amides is 2. The van der Waals surface area contributed by atoms with Crippen molar-refractivity contribution in [2.45, 2.75) is 20.8 Å².